The maximum Gasteiger partial charge on any atom is 0.196 e. The Morgan fingerprint density at radius 1 is 1.07 bits per heavy atom. The molecule has 0 amide bonds. The third-order valence-corrected chi connectivity index (χ3v) is 5.50. The molecule has 0 radical (unpaired) electrons. The molecule has 2 fully saturated rings. The Balaban J connectivity index is 1.51. The number of carbonyl (C=O) groups excluding carboxylic acids is 1. The Hall–Kier alpha value is -1.79. The van der Waals surface area contributed by atoms with Crippen LogP contribution in [-0.4, -0.2) is 42.8 Å². The Labute approximate surface area is 162 Å². The standard InChI is InChI=1S/C21H21ClFNO3/c22-16-5-6-18(19(23)13-16)20(25)17-4-2-1-3-15(17)14-24-9-7-21(8-10-24)26-11-12-27-21/h1-6,13H,7-12,14H2. The molecule has 0 N–H and O–H groups in total. The second-order valence-electron chi connectivity index (χ2n) is 6.99. The Morgan fingerprint density at radius 2 is 1.78 bits per heavy atom. The highest BCUT2D eigenvalue weighted by Crippen LogP contribution is 2.32. The first-order valence-electron chi connectivity index (χ1n) is 9.14. The van der Waals surface area contributed by atoms with Gasteiger partial charge in [-0.2, -0.15) is 0 Å². The molecular weight excluding hydrogens is 369 g/mol. The van der Waals surface area contributed by atoms with Gasteiger partial charge in [0.1, 0.15) is 5.82 Å². The summed E-state index contributed by atoms with van der Waals surface area (Å²) in [7, 11) is 0. The van der Waals surface area contributed by atoms with Crippen LogP contribution in [0.4, 0.5) is 4.39 Å². The lowest BCUT2D eigenvalue weighted by atomic mass is 9.96. The summed E-state index contributed by atoms with van der Waals surface area (Å²) in [6, 6.07) is 11.5. The van der Waals surface area contributed by atoms with Gasteiger partial charge < -0.3 is 9.47 Å². The maximum absolute atomic E-state index is 14.2. The molecule has 6 heteroatoms. The number of rotatable bonds is 4. The Kier molecular flexibility index (Phi) is 5.28. The fraction of sp³-hybridized carbons (Fsp3) is 0.381. The second-order valence-corrected chi connectivity index (χ2v) is 7.43. The van der Waals surface area contributed by atoms with Gasteiger partial charge in [-0.25, -0.2) is 4.39 Å². The fourth-order valence-corrected chi connectivity index (χ4v) is 3.94. The molecule has 2 aliphatic rings. The molecule has 0 unspecified atom stereocenters. The van der Waals surface area contributed by atoms with Crippen molar-refractivity contribution in [3.05, 3.63) is 70.0 Å². The van der Waals surface area contributed by atoms with Crippen LogP contribution < -0.4 is 0 Å². The van der Waals surface area contributed by atoms with Gasteiger partial charge in [0.25, 0.3) is 0 Å². The van der Waals surface area contributed by atoms with Gasteiger partial charge in [-0.05, 0) is 23.8 Å². The van der Waals surface area contributed by atoms with E-state index in [4.69, 9.17) is 21.1 Å². The van der Waals surface area contributed by atoms with E-state index in [1.807, 2.05) is 12.1 Å². The molecule has 0 aliphatic carbocycles. The SMILES string of the molecule is O=C(c1ccc(Cl)cc1F)c1ccccc1CN1CCC2(CC1)OCCO2. The van der Waals surface area contributed by atoms with E-state index in [1.54, 1.807) is 12.1 Å². The lowest BCUT2D eigenvalue weighted by molar-refractivity contribution is -0.185. The van der Waals surface area contributed by atoms with Crippen molar-refractivity contribution in [3.63, 3.8) is 0 Å². The zero-order valence-corrected chi connectivity index (χ0v) is 15.7. The molecule has 2 aromatic carbocycles. The van der Waals surface area contributed by atoms with Gasteiger partial charge in [0.15, 0.2) is 11.6 Å². The molecule has 1 spiro atoms. The topological polar surface area (TPSA) is 38.8 Å². The van der Waals surface area contributed by atoms with Crippen LogP contribution in [0.2, 0.25) is 5.02 Å². The minimum absolute atomic E-state index is 0.0391. The van der Waals surface area contributed by atoms with Crippen LogP contribution in [-0.2, 0) is 16.0 Å². The average molecular weight is 390 g/mol. The summed E-state index contributed by atoms with van der Waals surface area (Å²) in [5.41, 5.74) is 1.45. The van der Waals surface area contributed by atoms with Crippen LogP contribution in [0.3, 0.4) is 0 Å². The highest BCUT2D eigenvalue weighted by molar-refractivity contribution is 6.30. The van der Waals surface area contributed by atoms with Gasteiger partial charge in [0.2, 0.25) is 0 Å². The van der Waals surface area contributed by atoms with Crippen LogP contribution in [0, 0.1) is 5.82 Å². The van der Waals surface area contributed by atoms with Crippen LogP contribution in [0.25, 0.3) is 0 Å². The van der Waals surface area contributed by atoms with E-state index in [9.17, 15) is 9.18 Å². The first-order chi connectivity index (χ1) is 13.1. The van der Waals surface area contributed by atoms with Crippen molar-refractivity contribution in [2.45, 2.75) is 25.2 Å². The fourth-order valence-electron chi connectivity index (χ4n) is 3.78. The molecular formula is C21H21ClFNO3. The first kappa shape index (κ1) is 18.6. The van der Waals surface area contributed by atoms with Gasteiger partial charge in [-0.3, -0.25) is 9.69 Å². The number of likely N-dealkylation sites (tertiary alicyclic amines) is 1. The molecule has 0 atom stereocenters. The number of hydrogen-bond donors (Lipinski definition) is 0. The van der Waals surface area contributed by atoms with Crippen molar-refractivity contribution in [2.75, 3.05) is 26.3 Å². The monoisotopic (exact) mass is 389 g/mol. The predicted molar refractivity (Wildman–Crippen MR) is 100 cm³/mol. The summed E-state index contributed by atoms with van der Waals surface area (Å²) in [5.74, 6) is -1.34. The van der Waals surface area contributed by atoms with E-state index in [0.717, 1.165) is 31.5 Å². The van der Waals surface area contributed by atoms with E-state index in [0.29, 0.717) is 25.3 Å². The Morgan fingerprint density at radius 3 is 2.48 bits per heavy atom. The molecule has 2 saturated heterocycles. The number of hydrogen-bond acceptors (Lipinski definition) is 4. The molecule has 142 valence electrons. The molecule has 2 heterocycles. The third kappa shape index (κ3) is 3.92. The lowest BCUT2D eigenvalue weighted by Crippen LogP contribution is -2.44. The first-order valence-corrected chi connectivity index (χ1v) is 9.52. The zero-order valence-electron chi connectivity index (χ0n) is 14.9. The third-order valence-electron chi connectivity index (χ3n) is 5.26. The van der Waals surface area contributed by atoms with Gasteiger partial charge in [0, 0.05) is 43.1 Å². The van der Waals surface area contributed by atoms with E-state index >= 15 is 0 Å². The molecule has 0 bridgehead atoms. The summed E-state index contributed by atoms with van der Waals surface area (Å²) < 4.78 is 25.7. The highest BCUT2D eigenvalue weighted by Gasteiger charge is 2.39. The van der Waals surface area contributed by atoms with Crippen molar-refractivity contribution in [2.24, 2.45) is 0 Å². The van der Waals surface area contributed by atoms with Crippen molar-refractivity contribution in [1.82, 2.24) is 4.90 Å². The number of nitrogens with zero attached hydrogens (tertiary/aromatic N) is 1. The molecule has 4 nitrogen and oxygen atoms in total. The second kappa shape index (κ2) is 7.68. The van der Waals surface area contributed by atoms with E-state index in [1.165, 1.54) is 18.2 Å². The lowest BCUT2D eigenvalue weighted by Gasteiger charge is -2.37. The molecule has 27 heavy (non-hydrogen) atoms. The summed E-state index contributed by atoms with van der Waals surface area (Å²) in [6.07, 6.45) is 1.63. The number of piperidine rings is 1. The highest BCUT2D eigenvalue weighted by atomic mass is 35.5. The van der Waals surface area contributed by atoms with Crippen molar-refractivity contribution in [3.8, 4) is 0 Å². The van der Waals surface area contributed by atoms with E-state index < -0.39 is 11.6 Å². The van der Waals surface area contributed by atoms with Crippen molar-refractivity contribution < 1.29 is 18.7 Å². The maximum atomic E-state index is 14.2. The molecule has 0 saturated carbocycles. The van der Waals surface area contributed by atoms with Crippen LogP contribution in [0.1, 0.15) is 34.3 Å². The van der Waals surface area contributed by atoms with Crippen molar-refractivity contribution >= 4 is 17.4 Å². The predicted octanol–water partition coefficient (Wildman–Crippen LogP) is 4.05. The quantitative estimate of drug-likeness (QED) is 0.739. The van der Waals surface area contributed by atoms with Gasteiger partial charge in [0.05, 0.1) is 18.8 Å². The number of benzene rings is 2. The van der Waals surface area contributed by atoms with Crippen LogP contribution in [0.15, 0.2) is 42.5 Å². The Bertz CT molecular complexity index is 841. The van der Waals surface area contributed by atoms with Crippen molar-refractivity contribution in [1.29, 1.82) is 0 Å². The molecule has 2 aliphatic heterocycles. The number of halogens is 2. The van der Waals surface area contributed by atoms with Gasteiger partial charge >= 0.3 is 0 Å². The smallest absolute Gasteiger partial charge is 0.196 e. The summed E-state index contributed by atoms with van der Waals surface area (Å²) in [6.45, 7) is 3.61. The van der Waals surface area contributed by atoms with E-state index in [2.05, 4.69) is 4.90 Å². The number of ketones is 1. The minimum atomic E-state index is -0.599. The summed E-state index contributed by atoms with van der Waals surface area (Å²) >= 11 is 5.80. The minimum Gasteiger partial charge on any atom is -0.347 e. The number of ether oxygens (including phenoxy) is 2. The van der Waals surface area contributed by atoms with Crippen LogP contribution in [0.5, 0.6) is 0 Å². The normalized spacial score (nSPS) is 19.5. The molecule has 2 aromatic rings. The molecule has 0 aromatic heterocycles. The van der Waals surface area contributed by atoms with Gasteiger partial charge in [-0.1, -0.05) is 35.9 Å². The largest absolute Gasteiger partial charge is 0.347 e. The average Bonchev–Trinajstić information content (AvgIpc) is 3.12. The summed E-state index contributed by atoms with van der Waals surface area (Å²) in [4.78, 5) is 15.2. The van der Waals surface area contributed by atoms with E-state index in [-0.39, 0.29) is 16.4 Å². The molecule has 4 rings (SSSR count). The number of carbonyl (C=O) groups is 1. The zero-order chi connectivity index (χ0) is 18.9. The van der Waals surface area contributed by atoms with Crippen LogP contribution >= 0.6 is 11.6 Å². The van der Waals surface area contributed by atoms with Gasteiger partial charge in [-0.15, -0.1) is 0 Å². The summed E-state index contributed by atoms with van der Waals surface area (Å²) in [5, 5.41) is 0.274.